The number of amides is 2. The van der Waals surface area contributed by atoms with E-state index < -0.39 is 0 Å². The molecule has 1 heterocycles. The van der Waals surface area contributed by atoms with E-state index in [0.717, 1.165) is 4.88 Å². The minimum atomic E-state index is -0.281. The lowest BCUT2D eigenvalue weighted by atomic mass is 10.2. The van der Waals surface area contributed by atoms with Gasteiger partial charge in [0.05, 0.1) is 12.1 Å². The number of hydrogen-bond donors (Lipinski definition) is 1. The molecule has 138 valence electrons. The van der Waals surface area contributed by atoms with Crippen LogP contribution in [0.2, 0.25) is 0 Å². The van der Waals surface area contributed by atoms with Crippen molar-refractivity contribution in [3.63, 3.8) is 0 Å². The normalized spacial score (nSPS) is 10.3. The standard InChI is InChI=1S/C21H20N2O3S/c1-23(14-17-10-7-13-27-17)20(24)15-26-19-12-6-5-11-18(19)21(25)22-16-8-3-2-4-9-16/h2-13H,14-15H2,1H3,(H,22,25). The molecular formula is C21H20N2O3S. The summed E-state index contributed by atoms with van der Waals surface area (Å²) in [6, 6.07) is 20.0. The van der Waals surface area contributed by atoms with Crippen molar-refractivity contribution < 1.29 is 14.3 Å². The quantitative estimate of drug-likeness (QED) is 0.673. The zero-order valence-electron chi connectivity index (χ0n) is 14.9. The van der Waals surface area contributed by atoms with E-state index in [4.69, 9.17) is 4.74 Å². The van der Waals surface area contributed by atoms with Crippen molar-refractivity contribution >= 4 is 28.8 Å². The number of nitrogens with zero attached hydrogens (tertiary/aromatic N) is 1. The topological polar surface area (TPSA) is 58.6 Å². The summed E-state index contributed by atoms with van der Waals surface area (Å²) in [5, 5.41) is 4.80. The van der Waals surface area contributed by atoms with E-state index in [-0.39, 0.29) is 18.4 Å². The molecule has 0 aliphatic rings. The number of thiophene rings is 1. The third-order valence-corrected chi connectivity index (χ3v) is 4.77. The molecular weight excluding hydrogens is 360 g/mol. The molecule has 0 radical (unpaired) electrons. The molecule has 0 atom stereocenters. The highest BCUT2D eigenvalue weighted by Gasteiger charge is 2.15. The van der Waals surface area contributed by atoms with Crippen LogP contribution in [0.5, 0.6) is 5.75 Å². The Morgan fingerprint density at radius 1 is 1.00 bits per heavy atom. The summed E-state index contributed by atoms with van der Waals surface area (Å²) in [5.74, 6) is -0.0540. The minimum Gasteiger partial charge on any atom is -0.483 e. The van der Waals surface area contributed by atoms with E-state index >= 15 is 0 Å². The summed E-state index contributed by atoms with van der Waals surface area (Å²) in [6.45, 7) is 0.410. The number of nitrogens with one attached hydrogen (secondary N) is 1. The summed E-state index contributed by atoms with van der Waals surface area (Å²) in [5.41, 5.74) is 1.08. The van der Waals surface area contributed by atoms with Crippen LogP contribution in [0.3, 0.4) is 0 Å². The Bertz CT molecular complexity index is 895. The average molecular weight is 380 g/mol. The molecule has 3 aromatic rings. The predicted octanol–water partition coefficient (Wildman–Crippen LogP) is 4.04. The van der Waals surface area contributed by atoms with E-state index in [9.17, 15) is 9.59 Å². The highest BCUT2D eigenvalue weighted by atomic mass is 32.1. The van der Waals surface area contributed by atoms with Crippen molar-refractivity contribution in [3.8, 4) is 5.75 Å². The van der Waals surface area contributed by atoms with Gasteiger partial charge in [-0.1, -0.05) is 36.4 Å². The fraction of sp³-hybridized carbons (Fsp3) is 0.143. The van der Waals surface area contributed by atoms with Gasteiger partial charge in [0.25, 0.3) is 11.8 Å². The molecule has 27 heavy (non-hydrogen) atoms. The zero-order valence-corrected chi connectivity index (χ0v) is 15.7. The van der Waals surface area contributed by atoms with E-state index in [0.29, 0.717) is 23.5 Å². The van der Waals surface area contributed by atoms with Gasteiger partial charge in [0.2, 0.25) is 0 Å². The van der Waals surface area contributed by atoms with Gasteiger partial charge in [0.15, 0.2) is 6.61 Å². The molecule has 0 spiro atoms. The summed E-state index contributed by atoms with van der Waals surface area (Å²) < 4.78 is 5.65. The number of rotatable bonds is 7. The van der Waals surface area contributed by atoms with Crippen LogP contribution in [0.15, 0.2) is 72.1 Å². The molecule has 0 fully saturated rings. The molecule has 0 aliphatic carbocycles. The molecule has 0 aliphatic heterocycles. The van der Waals surface area contributed by atoms with Crippen molar-refractivity contribution in [2.45, 2.75) is 6.54 Å². The molecule has 2 amide bonds. The van der Waals surface area contributed by atoms with Gasteiger partial charge in [0, 0.05) is 17.6 Å². The Labute approximate surface area is 162 Å². The number of hydrogen-bond acceptors (Lipinski definition) is 4. The van der Waals surface area contributed by atoms with Gasteiger partial charge in [-0.15, -0.1) is 11.3 Å². The van der Waals surface area contributed by atoms with Gasteiger partial charge < -0.3 is 15.0 Å². The second-order valence-electron chi connectivity index (χ2n) is 5.93. The van der Waals surface area contributed by atoms with Crippen LogP contribution in [-0.2, 0) is 11.3 Å². The zero-order chi connectivity index (χ0) is 19.1. The third-order valence-electron chi connectivity index (χ3n) is 3.91. The van der Waals surface area contributed by atoms with Gasteiger partial charge in [0.1, 0.15) is 5.75 Å². The van der Waals surface area contributed by atoms with E-state index in [1.165, 1.54) is 0 Å². The molecule has 5 nitrogen and oxygen atoms in total. The molecule has 1 N–H and O–H groups in total. The lowest BCUT2D eigenvalue weighted by Gasteiger charge is -2.17. The second kappa shape index (κ2) is 9.00. The van der Waals surface area contributed by atoms with Crippen molar-refractivity contribution in [3.05, 3.63) is 82.6 Å². The Hall–Kier alpha value is -3.12. The first kappa shape index (κ1) is 18.7. The molecule has 2 aromatic carbocycles. The van der Waals surface area contributed by atoms with E-state index in [1.54, 1.807) is 47.5 Å². The van der Waals surface area contributed by atoms with Crippen LogP contribution in [0.25, 0.3) is 0 Å². The molecule has 0 saturated heterocycles. The first-order chi connectivity index (χ1) is 13.1. The Balaban J connectivity index is 1.62. The third kappa shape index (κ3) is 5.18. The molecule has 0 saturated carbocycles. The van der Waals surface area contributed by atoms with Crippen molar-refractivity contribution in [2.75, 3.05) is 19.0 Å². The van der Waals surface area contributed by atoms with Crippen molar-refractivity contribution in [2.24, 2.45) is 0 Å². The lowest BCUT2D eigenvalue weighted by Crippen LogP contribution is -2.31. The van der Waals surface area contributed by atoms with Gasteiger partial charge >= 0.3 is 0 Å². The van der Waals surface area contributed by atoms with E-state index in [1.807, 2.05) is 47.8 Å². The maximum Gasteiger partial charge on any atom is 0.260 e. The average Bonchev–Trinajstić information content (AvgIpc) is 3.20. The molecule has 1 aromatic heterocycles. The molecule has 3 rings (SSSR count). The van der Waals surface area contributed by atoms with Crippen LogP contribution in [0.1, 0.15) is 15.2 Å². The van der Waals surface area contributed by atoms with Gasteiger partial charge in [-0.25, -0.2) is 0 Å². The number of ether oxygens (including phenoxy) is 1. The van der Waals surface area contributed by atoms with Crippen LogP contribution in [-0.4, -0.2) is 30.4 Å². The van der Waals surface area contributed by atoms with Crippen molar-refractivity contribution in [1.29, 1.82) is 0 Å². The number of carbonyl (C=O) groups is 2. The number of para-hydroxylation sites is 2. The summed E-state index contributed by atoms with van der Waals surface area (Å²) >= 11 is 1.60. The first-order valence-electron chi connectivity index (χ1n) is 8.48. The van der Waals surface area contributed by atoms with E-state index in [2.05, 4.69) is 5.32 Å². The maximum atomic E-state index is 12.5. The monoisotopic (exact) mass is 380 g/mol. The molecule has 0 bridgehead atoms. The van der Waals surface area contributed by atoms with Crippen molar-refractivity contribution in [1.82, 2.24) is 4.90 Å². The van der Waals surface area contributed by atoms with Gasteiger partial charge in [-0.3, -0.25) is 9.59 Å². The fourth-order valence-electron chi connectivity index (χ4n) is 2.47. The SMILES string of the molecule is CN(Cc1cccs1)C(=O)COc1ccccc1C(=O)Nc1ccccc1. The largest absolute Gasteiger partial charge is 0.483 e. The van der Waals surface area contributed by atoms with Gasteiger partial charge in [-0.05, 0) is 35.7 Å². The first-order valence-corrected chi connectivity index (χ1v) is 9.36. The number of likely N-dealkylation sites (N-methyl/N-ethyl adjacent to an activating group) is 1. The smallest absolute Gasteiger partial charge is 0.260 e. The highest BCUT2D eigenvalue weighted by molar-refractivity contribution is 7.09. The van der Waals surface area contributed by atoms with Crippen LogP contribution < -0.4 is 10.1 Å². The van der Waals surface area contributed by atoms with Crippen LogP contribution in [0, 0.1) is 0 Å². The van der Waals surface area contributed by atoms with Gasteiger partial charge in [-0.2, -0.15) is 0 Å². The highest BCUT2D eigenvalue weighted by Crippen LogP contribution is 2.20. The molecule has 6 heteroatoms. The Morgan fingerprint density at radius 2 is 1.74 bits per heavy atom. The van der Waals surface area contributed by atoms with Crippen LogP contribution in [0.4, 0.5) is 5.69 Å². The number of carbonyl (C=O) groups excluding carboxylic acids is 2. The second-order valence-corrected chi connectivity index (χ2v) is 6.97. The Morgan fingerprint density at radius 3 is 2.48 bits per heavy atom. The number of anilines is 1. The van der Waals surface area contributed by atoms with Crippen LogP contribution >= 0.6 is 11.3 Å². The minimum absolute atomic E-state index is 0.127. The number of benzene rings is 2. The summed E-state index contributed by atoms with van der Waals surface area (Å²) in [6.07, 6.45) is 0. The lowest BCUT2D eigenvalue weighted by molar-refractivity contribution is -0.132. The maximum absolute atomic E-state index is 12.5. The molecule has 0 unspecified atom stereocenters. The fourth-order valence-corrected chi connectivity index (χ4v) is 3.23. The predicted molar refractivity (Wildman–Crippen MR) is 107 cm³/mol. The summed E-state index contributed by atoms with van der Waals surface area (Å²) in [7, 11) is 1.74. The Kier molecular flexibility index (Phi) is 6.22. The summed E-state index contributed by atoms with van der Waals surface area (Å²) in [4.78, 5) is 27.6.